The number of aryl methyl sites for hydroxylation is 1. The fraction of sp³-hybridized carbons (Fsp3) is 0.609. The molecule has 9 heteroatoms. The lowest BCUT2D eigenvalue weighted by Gasteiger charge is -2.26. The molecule has 1 saturated heterocycles. The third-order valence-corrected chi connectivity index (χ3v) is 5.61. The minimum Gasteiger partial charge on any atom is -0.496 e. The van der Waals surface area contributed by atoms with E-state index < -0.39 is 0 Å². The number of methoxy groups -OCH3 is 1. The van der Waals surface area contributed by atoms with Crippen molar-refractivity contribution in [3.63, 3.8) is 0 Å². The van der Waals surface area contributed by atoms with Crippen LogP contribution in [0.3, 0.4) is 0 Å². The Kier molecular flexibility index (Phi) is 9.77. The van der Waals surface area contributed by atoms with E-state index in [4.69, 9.17) is 14.5 Å². The van der Waals surface area contributed by atoms with E-state index in [9.17, 15) is 0 Å². The van der Waals surface area contributed by atoms with E-state index in [0.717, 1.165) is 88.4 Å². The molecule has 3 rings (SSSR count). The molecular formula is C23H37N7O2. The van der Waals surface area contributed by atoms with Crippen LogP contribution in [0.2, 0.25) is 0 Å². The topological polar surface area (TPSA) is 80.0 Å². The summed E-state index contributed by atoms with van der Waals surface area (Å²) in [6.07, 6.45) is 3.69. The molecule has 1 aromatic carbocycles. The zero-order valence-corrected chi connectivity index (χ0v) is 19.7. The van der Waals surface area contributed by atoms with E-state index in [1.54, 1.807) is 13.4 Å². The van der Waals surface area contributed by atoms with Gasteiger partial charge in [0, 0.05) is 64.8 Å². The molecule has 0 atom stereocenters. The number of nitrogens with zero attached hydrogens (tertiary/aromatic N) is 6. The number of morpholine rings is 1. The second kappa shape index (κ2) is 13.0. The number of hydrogen-bond acceptors (Lipinski definition) is 6. The van der Waals surface area contributed by atoms with Gasteiger partial charge in [0.05, 0.1) is 20.3 Å². The van der Waals surface area contributed by atoms with E-state index in [1.165, 1.54) is 0 Å². The van der Waals surface area contributed by atoms with E-state index in [1.807, 2.05) is 18.2 Å². The van der Waals surface area contributed by atoms with Gasteiger partial charge in [-0.15, -0.1) is 10.2 Å². The number of aliphatic imine (C=N–C) groups is 1. The SMILES string of the molecule is CCc1nncn1CCNC(=NCCCN1CCOCC1)N(C)Cc1ccccc1OC. The summed E-state index contributed by atoms with van der Waals surface area (Å²) in [5.74, 6) is 2.78. The fourth-order valence-electron chi connectivity index (χ4n) is 3.81. The first-order valence-corrected chi connectivity index (χ1v) is 11.5. The van der Waals surface area contributed by atoms with Gasteiger partial charge in [0.15, 0.2) is 5.96 Å². The molecule has 32 heavy (non-hydrogen) atoms. The van der Waals surface area contributed by atoms with Crippen LogP contribution in [0.1, 0.15) is 24.7 Å². The Balaban J connectivity index is 1.59. The lowest BCUT2D eigenvalue weighted by atomic mass is 10.2. The maximum atomic E-state index is 5.53. The first kappa shape index (κ1) is 24.0. The molecular weight excluding hydrogens is 406 g/mol. The number of aromatic nitrogens is 3. The molecule has 9 nitrogen and oxygen atoms in total. The number of rotatable bonds is 11. The standard InChI is InChI=1S/C23H37N7O2/c1-4-22-27-26-19-30(22)13-11-25-23(24-10-7-12-29-14-16-32-17-15-29)28(2)18-20-8-5-6-9-21(20)31-3/h5-6,8-9,19H,4,7,10-18H2,1-3H3,(H,24,25). The molecule has 1 N–H and O–H groups in total. The van der Waals surface area contributed by atoms with Gasteiger partial charge in [-0.2, -0.15) is 0 Å². The zero-order chi connectivity index (χ0) is 22.6. The van der Waals surface area contributed by atoms with Gasteiger partial charge in [-0.25, -0.2) is 0 Å². The average molecular weight is 444 g/mol. The number of guanidine groups is 1. The third-order valence-electron chi connectivity index (χ3n) is 5.61. The molecule has 0 spiro atoms. The van der Waals surface area contributed by atoms with E-state index >= 15 is 0 Å². The second-order valence-corrected chi connectivity index (χ2v) is 7.90. The molecule has 1 fully saturated rings. The van der Waals surface area contributed by atoms with E-state index in [-0.39, 0.29) is 0 Å². The Morgan fingerprint density at radius 3 is 2.84 bits per heavy atom. The van der Waals surface area contributed by atoms with Crippen molar-refractivity contribution in [1.29, 1.82) is 0 Å². The summed E-state index contributed by atoms with van der Waals surface area (Å²) in [4.78, 5) is 9.51. The van der Waals surface area contributed by atoms with Crippen LogP contribution in [0.15, 0.2) is 35.6 Å². The van der Waals surface area contributed by atoms with Crippen molar-refractivity contribution in [3.05, 3.63) is 42.0 Å². The molecule has 0 unspecified atom stereocenters. The average Bonchev–Trinajstić information content (AvgIpc) is 3.29. The first-order valence-electron chi connectivity index (χ1n) is 11.5. The zero-order valence-electron chi connectivity index (χ0n) is 19.7. The Morgan fingerprint density at radius 2 is 2.06 bits per heavy atom. The van der Waals surface area contributed by atoms with Crippen LogP contribution >= 0.6 is 0 Å². The molecule has 1 aliphatic heterocycles. The number of benzene rings is 1. The highest BCUT2D eigenvalue weighted by Crippen LogP contribution is 2.18. The smallest absolute Gasteiger partial charge is 0.194 e. The van der Waals surface area contributed by atoms with Crippen LogP contribution in [-0.2, 0) is 24.2 Å². The molecule has 0 amide bonds. The summed E-state index contributed by atoms with van der Waals surface area (Å²) in [6, 6.07) is 8.12. The lowest BCUT2D eigenvalue weighted by molar-refractivity contribution is 0.0377. The van der Waals surface area contributed by atoms with Crippen LogP contribution in [-0.4, -0.2) is 90.6 Å². The highest BCUT2D eigenvalue weighted by molar-refractivity contribution is 5.79. The normalized spacial score (nSPS) is 15.0. The summed E-state index contributed by atoms with van der Waals surface area (Å²) in [7, 11) is 3.78. The Hall–Kier alpha value is -2.65. The molecule has 1 aliphatic rings. The number of hydrogen-bond donors (Lipinski definition) is 1. The third kappa shape index (κ3) is 7.20. The van der Waals surface area contributed by atoms with Crippen molar-refractivity contribution in [3.8, 4) is 5.75 Å². The Labute approximate surface area is 191 Å². The van der Waals surface area contributed by atoms with Gasteiger partial charge in [-0.1, -0.05) is 25.1 Å². The maximum Gasteiger partial charge on any atom is 0.194 e. The summed E-state index contributed by atoms with van der Waals surface area (Å²) >= 11 is 0. The minimum atomic E-state index is 0.714. The summed E-state index contributed by atoms with van der Waals surface area (Å²) in [6.45, 7) is 9.89. The van der Waals surface area contributed by atoms with Gasteiger partial charge in [0.1, 0.15) is 17.9 Å². The molecule has 176 valence electrons. The van der Waals surface area contributed by atoms with Gasteiger partial charge in [0.2, 0.25) is 0 Å². The van der Waals surface area contributed by atoms with Crippen molar-refractivity contribution in [1.82, 2.24) is 29.9 Å². The van der Waals surface area contributed by atoms with Crippen molar-refractivity contribution in [2.75, 3.05) is 60.1 Å². The van der Waals surface area contributed by atoms with Crippen LogP contribution in [0, 0.1) is 0 Å². The van der Waals surface area contributed by atoms with Crippen molar-refractivity contribution >= 4 is 5.96 Å². The monoisotopic (exact) mass is 443 g/mol. The van der Waals surface area contributed by atoms with Gasteiger partial charge < -0.3 is 24.3 Å². The summed E-state index contributed by atoms with van der Waals surface area (Å²) < 4.78 is 13.0. The number of para-hydroxylation sites is 1. The molecule has 0 saturated carbocycles. The number of nitrogens with one attached hydrogen (secondary N) is 1. The molecule has 1 aromatic heterocycles. The van der Waals surface area contributed by atoms with Crippen LogP contribution in [0.5, 0.6) is 5.75 Å². The summed E-state index contributed by atoms with van der Waals surface area (Å²) in [5.41, 5.74) is 1.13. The van der Waals surface area contributed by atoms with Gasteiger partial charge in [-0.05, 0) is 12.5 Å². The predicted molar refractivity (Wildman–Crippen MR) is 126 cm³/mol. The lowest BCUT2D eigenvalue weighted by Crippen LogP contribution is -2.40. The van der Waals surface area contributed by atoms with Gasteiger partial charge >= 0.3 is 0 Å². The van der Waals surface area contributed by atoms with Gasteiger partial charge in [0.25, 0.3) is 0 Å². The molecule has 0 radical (unpaired) electrons. The Bertz CT molecular complexity index is 833. The molecule has 2 heterocycles. The quantitative estimate of drug-likeness (QED) is 0.321. The van der Waals surface area contributed by atoms with Crippen LogP contribution in [0.4, 0.5) is 0 Å². The number of ether oxygens (including phenoxy) is 2. The maximum absolute atomic E-state index is 5.53. The van der Waals surface area contributed by atoms with E-state index in [0.29, 0.717) is 6.54 Å². The van der Waals surface area contributed by atoms with Crippen LogP contribution in [0.25, 0.3) is 0 Å². The van der Waals surface area contributed by atoms with Crippen molar-refractivity contribution in [2.45, 2.75) is 32.9 Å². The van der Waals surface area contributed by atoms with Crippen molar-refractivity contribution in [2.24, 2.45) is 4.99 Å². The summed E-state index contributed by atoms with van der Waals surface area (Å²) in [5, 5.41) is 11.7. The second-order valence-electron chi connectivity index (χ2n) is 7.90. The van der Waals surface area contributed by atoms with Crippen molar-refractivity contribution < 1.29 is 9.47 Å². The largest absolute Gasteiger partial charge is 0.496 e. The Morgan fingerprint density at radius 1 is 1.25 bits per heavy atom. The predicted octanol–water partition coefficient (Wildman–Crippen LogP) is 1.65. The molecule has 2 aromatic rings. The highest BCUT2D eigenvalue weighted by atomic mass is 16.5. The molecule has 0 aliphatic carbocycles. The van der Waals surface area contributed by atoms with Gasteiger partial charge in [-0.3, -0.25) is 9.89 Å². The van der Waals surface area contributed by atoms with E-state index in [2.05, 4.69) is 49.9 Å². The first-order chi connectivity index (χ1) is 15.7. The highest BCUT2D eigenvalue weighted by Gasteiger charge is 2.12. The fourth-order valence-corrected chi connectivity index (χ4v) is 3.81. The minimum absolute atomic E-state index is 0.714. The molecule has 0 bridgehead atoms. The van der Waals surface area contributed by atoms with Crippen LogP contribution < -0.4 is 10.1 Å².